The van der Waals surface area contributed by atoms with Crippen LogP contribution in [0.3, 0.4) is 0 Å². The van der Waals surface area contributed by atoms with Crippen LogP contribution in [0.2, 0.25) is 0 Å². The lowest BCUT2D eigenvalue weighted by molar-refractivity contribution is -0.115. The molecule has 0 aromatic heterocycles. The van der Waals surface area contributed by atoms with E-state index in [1.807, 2.05) is 0 Å². The number of nitrogens with zero attached hydrogens (tertiary/aromatic N) is 1. The van der Waals surface area contributed by atoms with Gasteiger partial charge in [0.2, 0.25) is 15.9 Å². The van der Waals surface area contributed by atoms with Crippen LogP contribution in [0.4, 0.5) is 11.4 Å². The van der Waals surface area contributed by atoms with Crippen molar-refractivity contribution in [3.8, 4) is 0 Å². The lowest BCUT2D eigenvalue weighted by atomic mass is 10.2. The Balaban J connectivity index is 1.59. The van der Waals surface area contributed by atoms with Crippen LogP contribution in [0, 0.1) is 5.92 Å². The summed E-state index contributed by atoms with van der Waals surface area (Å²) in [5.74, 6) is 0.813. The van der Waals surface area contributed by atoms with Gasteiger partial charge in [-0.25, -0.2) is 8.42 Å². The number of anilines is 2. The summed E-state index contributed by atoms with van der Waals surface area (Å²) in [6, 6.07) is 6.99. The molecule has 1 heterocycles. The molecule has 1 aromatic rings. The van der Waals surface area contributed by atoms with E-state index >= 15 is 0 Å². The lowest BCUT2D eigenvalue weighted by Crippen LogP contribution is -2.29. The van der Waals surface area contributed by atoms with Crippen LogP contribution in [-0.4, -0.2) is 39.7 Å². The summed E-state index contributed by atoms with van der Waals surface area (Å²) in [6.45, 7) is 1.67. The molecule has 0 bridgehead atoms. The van der Waals surface area contributed by atoms with Crippen molar-refractivity contribution in [3.05, 3.63) is 24.3 Å². The number of rotatable bonds is 6. The standard InChI is InChI=1S/C15H21N3O3S/c19-15(11-16-10-12-5-6-12)17-13-3-1-4-14(9-13)18-7-2-8-22(18,20)21/h1,3-4,9,12,16H,2,5-8,10-11H2,(H,17,19). The molecule has 1 aliphatic heterocycles. The second-order valence-electron chi connectivity index (χ2n) is 5.91. The average Bonchev–Trinajstić information content (AvgIpc) is 3.21. The molecule has 1 aromatic carbocycles. The Hall–Kier alpha value is -1.60. The first-order chi connectivity index (χ1) is 10.5. The van der Waals surface area contributed by atoms with E-state index in [4.69, 9.17) is 0 Å². The van der Waals surface area contributed by atoms with Gasteiger partial charge in [0.25, 0.3) is 0 Å². The van der Waals surface area contributed by atoms with Crippen molar-refractivity contribution in [1.82, 2.24) is 5.32 Å². The maximum Gasteiger partial charge on any atom is 0.238 e. The molecular formula is C15H21N3O3S. The molecule has 2 N–H and O–H groups in total. The number of sulfonamides is 1. The summed E-state index contributed by atoms with van der Waals surface area (Å²) >= 11 is 0. The van der Waals surface area contributed by atoms with Gasteiger partial charge in [-0.15, -0.1) is 0 Å². The first kappa shape index (κ1) is 15.3. The van der Waals surface area contributed by atoms with Crippen LogP contribution in [0.1, 0.15) is 19.3 Å². The van der Waals surface area contributed by atoms with Crippen molar-refractivity contribution < 1.29 is 13.2 Å². The van der Waals surface area contributed by atoms with Gasteiger partial charge in [-0.05, 0) is 49.9 Å². The molecule has 0 unspecified atom stereocenters. The van der Waals surface area contributed by atoms with Crippen LogP contribution in [-0.2, 0) is 14.8 Å². The zero-order valence-corrected chi connectivity index (χ0v) is 13.2. The maximum absolute atomic E-state index is 11.9. The number of carbonyl (C=O) groups is 1. The van der Waals surface area contributed by atoms with Crippen molar-refractivity contribution in [2.24, 2.45) is 5.92 Å². The highest BCUT2D eigenvalue weighted by molar-refractivity contribution is 7.93. The van der Waals surface area contributed by atoms with Crippen molar-refractivity contribution in [3.63, 3.8) is 0 Å². The summed E-state index contributed by atoms with van der Waals surface area (Å²) in [5.41, 5.74) is 1.24. The van der Waals surface area contributed by atoms with Gasteiger partial charge in [0.1, 0.15) is 0 Å². The van der Waals surface area contributed by atoms with Gasteiger partial charge in [0, 0.05) is 12.2 Å². The molecule has 1 saturated heterocycles. The van der Waals surface area contributed by atoms with Gasteiger partial charge in [-0.3, -0.25) is 9.10 Å². The molecule has 3 rings (SSSR count). The van der Waals surface area contributed by atoms with Gasteiger partial charge in [0.15, 0.2) is 0 Å². The molecule has 0 radical (unpaired) electrons. The lowest BCUT2D eigenvalue weighted by Gasteiger charge is -2.17. The normalized spacial score (nSPS) is 20.1. The molecule has 22 heavy (non-hydrogen) atoms. The Bertz CT molecular complexity index is 656. The highest BCUT2D eigenvalue weighted by Crippen LogP contribution is 2.27. The molecule has 7 heteroatoms. The second kappa shape index (κ2) is 6.26. The number of hydrogen-bond donors (Lipinski definition) is 2. The molecular weight excluding hydrogens is 302 g/mol. The van der Waals surface area contributed by atoms with E-state index in [-0.39, 0.29) is 18.2 Å². The highest BCUT2D eigenvalue weighted by Gasteiger charge is 2.28. The monoisotopic (exact) mass is 323 g/mol. The summed E-state index contributed by atoms with van der Waals surface area (Å²) < 4.78 is 25.3. The first-order valence-electron chi connectivity index (χ1n) is 7.66. The number of benzene rings is 1. The van der Waals surface area contributed by atoms with E-state index in [0.29, 0.717) is 24.3 Å². The van der Waals surface area contributed by atoms with Crippen LogP contribution < -0.4 is 14.9 Å². The molecule has 0 atom stereocenters. The molecule has 2 aliphatic rings. The predicted octanol–water partition coefficient (Wildman–Crippen LogP) is 1.16. The summed E-state index contributed by atoms with van der Waals surface area (Å²) in [4.78, 5) is 11.9. The van der Waals surface area contributed by atoms with Crippen molar-refractivity contribution >= 4 is 27.3 Å². The van der Waals surface area contributed by atoms with Crippen molar-refractivity contribution in [1.29, 1.82) is 0 Å². The third-order valence-electron chi connectivity index (χ3n) is 3.93. The zero-order chi connectivity index (χ0) is 15.6. The molecule has 0 spiro atoms. The van der Waals surface area contributed by atoms with E-state index in [9.17, 15) is 13.2 Å². The fourth-order valence-electron chi connectivity index (χ4n) is 2.59. The van der Waals surface area contributed by atoms with Gasteiger partial charge in [-0.2, -0.15) is 0 Å². The Morgan fingerprint density at radius 2 is 2.14 bits per heavy atom. The molecule has 6 nitrogen and oxygen atoms in total. The predicted molar refractivity (Wildman–Crippen MR) is 86.4 cm³/mol. The van der Waals surface area contributed by atoms with E-state index in [0.717, 1.165) is 12.5 Å². The Morgan fingerprint density at radius 3 is 2.82 bits per heavy atom. The average molecular weight is 323 g/mol. The topological polar surface area (TPSA) is 78.5 Å². The molecule has 2 fully saturated rings. The smallest absolute Gasteiger partial charge is 0.238 e. The Kier molecular flexibility index (Phi) is 4.35. The van der Waals surface area contributed by atoms with Gasteiger partial charge < -0.3 is 10.6 Å². The number of amides is 1. The Morgan fingerprint density at radius 1 is 1.32 bits per heavy atom. The van der Waals surface area contributed by atoms with Crippen LogP contribution >= 0.6 is 0 Å². The van der Waals surface area contributed by atoms with Crippen LogP contribution in [0.5, 0.6) is 0 Å². The third-order valence-corrected chi connectivity index (χ3v) is 5.80. The largest absolute Gasteiger partial charge is 0.325 e. The van der Waals surface area contributed by atoms with E-state index in [2.05, 4.69) is 10.6 Å². The highest BCUT2D eigenvalue weighted by atomic mass is 32.2. The minimum atomic E-state index is -3.19. The van der Waals surface area contributed by atoms with Gasteiger partial charge in [-0.1, -0.05) is 6.07 Å². The quantitative estimate of drug-likeness (QED) is 0.823. The summed E-state index contributed by atoms with van der Waals surface area (Å²) in [5, 5.41) is 5.94. The minimum Gasteiger partial charge on any atom is -0.325 e. The van der Waals surface area contributed by atoms with Gasteiger partial charge in [0.05, 0.1) is 18.0 Å². The van der Waals surface area contributed by atoms with Crippen molar-refractivity contribution in [2.45, 2.75) is 19.3 Å². The maximum atomic E-state index is 11.9. The molecule has 120 valence electrons. The molecule has 1 aliphatic carbocycles. The fraction of sp³-hybridized carbons (Fsp3) is 0.533. The van der Waals surface area contributed by atoms with Crippen LogP contribution in [0.15, 0.2) is 24.3 Å². The van der Waals surface area contributed by atoms with E-state index in [1.54, 1.807) is 24.3 Å². The molecule has 1 saturated carbocycles. The van der Waals surface area contributed by atoms with E-state index < -0.39 is 10.0 Å². The van der Waals surface area contributed by atoms with Crippen molar-refractivity contribution in [2.75, 3.05) is 35.0 Å². The van der Waals surface area contributed by atoms with E-state index in [1.165, 1.54) is 17.1 Å². The zero-order valence-electron chi connectivity index (χ0n) is 12.4. The second-order valence-corrected chi connectivity index (χ2v) is 7.93. The summed E-state index contributed by atoms with van der Waals surface area (Å²) in [6.07, 6.45) is 3.14. The molecule has 1 amide bonds. The number of nitrogens with one attached hydrogen (secondary N) is 2. The fourth-order valence-corrected chi connectivity index (χ4v) is 4.14. The number of carbonyl (C=O) groups excluding carboxylic acids is 1. The summed E-state index contributed by atoms with van der Waals surface area (Å²) in [7, 11) is -3.19. The SMILES string of the molecule is O=C(CNCC1CC1)Nc1cccc(N2CCCS2(=O)=O)c1. The van der Waals surface area contributed by atoms with Gasteiger partial charge >= 0.3 is 0 Å². The first-order valence-corrected chi connectivity index (χ1v) is 9.26. The third kappa shape index (κ3) is 3.78. The number of hydrogen-bond acceptors (Lipinski definition) is 4. The Labute approximate surface area is 130 Å². The van der Waals surface area contributed by atoms with Crippen LogP contribution in [0.25, 0.3) is 0 Å². The minimum absolute atomic E-state index is 0.109.